The van der Waals surface area contributed by atoms with Crippen LogP contribution in [-0.4, -0.2) is 6.67 Å². The highest BCUT2D eigenvalue weighted by molar-refractivity contribution is 5.38. The standard InChI is InChI=1S/C10H14N2/c1-10(2)5-3-8-9(4-6-10)12-7-11-8/h3-6,11-12H,7H2,1-2H3. The van der Waals surface area contributed by atoms with E-state index in [-0.39, 0.29) is 5.41 Å². The van der Waals surface area contributed by atoms with Crippen molar-refractivity contribution in [1.29, 1.82) is 0 Å². The molecule has 0 unspecified atom stereocenters. The Morgan fingerprint density at radius 3 is 2.08 bits per heavy atom. The molecule has 2 nitrogen and oxygen atoms in total. The van der Waals surface area contributed by atoms with Gasteiger partial charge in [0.25, 0.3) is 0 Å². The van der Waals surface area contributed by atoms with Crippen LogP contribution in [0.4, 0.5) is 0 Å². The Kier molecular flexibility index (Phi) is 1.50. The molecule has 12 heavy (non-hydrogen) atoms. The molecule has 2 heteroatoms. The van der Waals surface area contributed by atoms with Crippen LogP contribution in [0.2, 0.25) is 0 Å². The average Bonchev–Trinajstić information content (AvgIpc) is 2.40. The predicted octanol–water partition coefficient (Wildman–Crippen LogP) is 1.50. The SMILES string of the molecule is CC1(C)C=CC2=C(C=C1)NCN2. The van der Waals surface area contributed by atoms with E-state index < -0.39 is 0 Å². The number of allylic oxidation sites excluding steroid dienone is 4. The summed E-state index contributed by atoms with van der Waals surface area (Å²) in [6.07, 6.45) is 8.72. The van der Waals surface area contributed by atoms with E-state index in [1.165, 1.54) is 11.4 Å². The highest BCUT2D eigenvalue weighted by Crippen LogP contribution is 2.24. The summed E-state index contributed by atoms with van der Waals surface area (Å²) in [5, 5.41) is 6.53. The molecule has 0 aromatic heterocycles. The van der Waals surface area contributed by atoms with Gasteiger partial charge in [-0.05, 0) is 12.2 Å². The predicted molar refractivity (Wildman–Crippen MR) is 50.2 cm³/mol. The molecule has 2 rings (SSSR count). The molecule has 1 heterocycles. The van der Waals surface area contributed by atoms with Crippen LogP contribution in [0.15, 0.2) is 35.7 Å². The largest absolute Gasteiger partial charge is 0.366 e. The van der Waals surface area contributed by atoms with Crippen molar-refractivity contribution in [2.24, 2.45) is 5.41 Å². The van der Waals surface area contributed by atoms with Crippen molar-refractivity contribution in [3.8, 4) is 0 Å². The topological polar surface area (TPSA) is 24.1 Å². The molecule has 0 amide bonds. The van der Waals surface area contributed by atoms with Crippen molar-refractivity contribution < 1.29 is 0 Å². The molecule has 64 valence electrons. The molecule has 0 saturated heterocycles. The number of rotatable bonds is 0. The molecule has 0 saturated carbocycles. The second kappa shape index (κ2) is 2.41. The van der Waals surface area contributed by atoms with E-state index in [0.717, 1.165) is 6.67 Å². The summed E-state index contributed by atoms with van der Waals surface area (Å²) in [7, 11) is 0. The monoisotopic (exact) mass is 162 g/mol. The minimum absolute atomic E-state index is 0.174. The molecule has 0 bridgehead atoms. The third kappa shape index (κ3) is 1.24. The number of hydrogen-bond acceptors (Lipinski definition) is 2. The van der Waals surface area contributed by atoms with Gasteiger partial charge < -0.3 is 10.6 Å². The molecule has 1 aliphatic carbocycles. The van der Waals surface area contributed by atoms with Crippen molar-refractivity contribution in [2.45, 2.75) is 13.8 Å². The van der Waals surface area contributed by atoms with Crippen molar-refractivity contribution in [2.75, 3.05) is 6.67 Å². The van der Waals surface area contributed by atoms with Gasteiger partial charge in [0.1, 0.15) is 0 Å². The lowest BCUT2D eigenvalue weighted by Crippen LogP contribution is -2.15. The van der Waals surface area contributed by atoms with Gasteiger partial charge in [0.15, 0.2) is 0 Å². The van der Waals surface area contributed by atoms with Gasteiger partial charge in [0, 0.05) is 5.41 Å². The Morgan fingerprint density at radius 1 is 1.08 bits per heavy atom. The first-order valence-electron chi connectivity index (χ1n) is 4.28. The summed E-state index contributed by atoms with van der Waals surface area (Å²) in [4.78, 5) is 0. The van der Waals surface area contributed by atoms with Crippen LogP contribution in [0.3, 0.4) is 0 Å². The van der Waals surface area contributed by atoms with E-state index >= 15 is 0 Å². The van der Waals surface area contributed by atoms with Crippen molar-refractivity contribution in [3.63, 3.8) is 0 Å². The average molecular weight is 162 g/mol. The molecule has 0 fully saturated rings. The zero-order valence-electron chi connectivity index (χ0n) is 7.52. The van der Waals surface area contributed by atoms with Gasteiger partial charge in [-0.25, -0.2) is 0 Å². The Bertz CT molecular complexity index is 256. The van der Waals surface area contributed by atoms with E-state index in [4.69, 9.17) is 0 Å². The first kappa shape index (κ1) is 7.47. The summed E-state index contributed by atoms with van der Waals surface area (Å²) in [5.74, 6) is 0. The van der Waals surface area contributed by atoms with Gasteiger partial charge in [-0.3, -0.25) is 0 Å². The van der Waals surface area contributed by atoms with Crippen LogP contribution in [0.5, 0.6) is 0 Å². The van der Waals surface area contributed by atoms with Crippen LogP contribution in [0.1, 0.15) is 13.8 Å². The number of nitrogens with one attached hydrogen (secondary N) is 2. The Labute approximate surface area is 73.0 Å². The number of hydrogen-bond donors (Lipinski definition) is 2. The highest BCUT2D eigenvalue weighted by Gasteiger charge is 2.16. The zero-order chi connectivity index (χ0) is 8.60. The molecule has 0 atom stereocenters. The maximum atomic E-state index is 3.27. The summed E-state index contributed by atoms with van der Waals surface area (Å²) in [5.41, 5.74) is 2.59. The zero-order valence-corrected chi connectivity index (χ0v) is 7.52. The lowest BCUT2D eigenvalue weighted by molar-refractivity contribution is 0.624. The molecule has 2 N–H and O–H groups in total. The van der Waals surface area contributed by atoms with Gasteiger partial charge >= 0.3 is 0 Å². The first-order valence-corrected chi connectivity index (χ1v) is 4.28. The van der Waals surface area contributed by atoms with E-state index in [1.54, 1.807) is 0 Å². The molecule has 0 aromatic carbocycles. The molecular weight excluding hydrogens is 148 g/mol. The van der Waals surface area contributed by atoms with Crippen LogP contribution in [0.25, 0.3) is 0 Å². The van der Waals surface area contributed by atoms with Crippen LogP contribution >= 0.6 is 0 Å². The fourth-order valence-corrected chi connectivity index (χ4v) is 1.37. The van der Waals surface area contributed by atoms with Crippen molar-refractivity contribution >= 4 is 0 Å². The minimum Gasteiger partial charge on any atom is -0.366 e. The van der Waals surface area contributed by atoms with Crippen LogP contribution < -0.4 is 10.6 Å². The van der Waals surface area contributed by atoms with Gasteiger partial charge in [0.05, 0.1) is 18.1 Å². The molecule has 0 aromatic rings. The lowest BCUT2D eigenvalue weighted by atomic mass is 9.93. The molecule has 2 aliphatic rings. The molecule has 1 aliphatic heterocycles. The summed E-state index contributed by atoms with van der Waals surface area (Å²) in [6, 6.07) is 0. The van der Waals surface area contributed by atoms with Crippen molar-refractivity contribution in [1.82, 2.24) is 10.6 Å². The maximum Gasteiger partial charge on any atom is 0.0850 e. The minimum atomic E-state index is 0.174. The van der Waals surface area contributed by atoms with E-state index in [1.807, 2.05) is 0 Å². The lowest BCUT2D eigenvalue weighted by Gasteiger charge is -2.12. The smallest absolute Gasteiger partial charge is 0.0850 e. The third-order valence-corrected chi connectivity index (χ3v) is 2.21. The van der Waals surface area contributed by atoms with Crippen LogP contribution in [-0.2, 0) is 0 Å². The normalized spacial score (nSPS) is 24.5. The maximum absolute atomic E-state index is 3.27. The fraction of sp³-hybridized carbons (Fsp3) is 0.400. The molecule has 0 spiro atoms. The van der Waals surface area contributed by atoms with Gasteiger partial charge in [-0.2, -0.15) is 0 Å². The van der Waals surface area contributed by atoms with Gasteiger partial charge in [-0.1, -0.05) is 26.0 Å². The second-order valence-electron chi connectivity index (χ2n) is 3.85. The van der Waals surface area contributed by atoms with E-state index in [9.17, 15) is 0 Å². The third-order valence-electron chi connectivity index (χ3n) is 2.21. The highest BCUT2D eigenvalue weighted by atomic mass is 15.1. The first-order chi connectivity index (χ1) is 5.67. The van der Waals surface area contributed by atoms with E-state index in [2.05, 4.69) is 48.8 Å². The van der Waals surface area contributed by atoms with Crippen molar-refractivity contribution in [3.05, 3.63) is 35.7 Å². The van der Waals surface area contributed by atoms with E-state index in [0.29, 0.717) is 0 Å². The summed E-state index contributed by atoms with van der Waals surface area (Å²) >= 11 is 0. The molecule has 0 radical (unpaired) electrons. The quantitative estimate of drug-likeness (QED) is 0.564. The second-order valence-corrected chi connectivity index (χ2v) is 3.85. The van der Waals surface area contributed by atoms with Crippen LogP contribution in [0, 0.1) is 5.41 Å². The van der Waals surface area contributed by atoms with Gasteiger partial charge in [-0.15, -0.1) is 0 Å². The Hall–Kier alpha value is -1.18. The Balaban J connectivity index is 2.34. The Morgan fingerprint density at radius 2 is 1.58 bits per heavy atom. The van der Waals surface area contributed by atoms with Gasteiger partial charge in [0.2, 0.25) is 0 Å². The fourth-order valence-electron chi connectivity index (χ4n) is 1.37. The summed E-state index contributed by atoms with van der Waals surface area (Å²) in [6.45, 7) is 5.24. The summed E-state index contributed by atoms with van der Waals surface area (Å²) < 4.78 is 0. The molecular formula is C10H14N2.